The molecule has 0 saturated heterocycles. The van der Waals surface area contributed by atoms with E-state index < -0.39 is 0 Å². The Bertz CT molecular complexity index is 662. The summed E-state index contributed by atoms with van der Waals surface area (Å²) in [6.45, 7) is 1.76. The smallest absolute Gasteiger partial charge is 0.123 e. The van der Waals surface area contributed by atoms with Crippen LogP contribution in [0.25, 0.3) is 0 Å². The van der Waals surface area contributed by atoms with Crippen molar-refractivity contribution in [1.82, 2.24) is 5.32 Å². The lowest BCUT2D eigenvalue weighted by atomic mass is 9.93. The van der Waals surface area contributed by atoms with Crippen molar-refractivity contribution in [2.75, 3.05) is 6.54 Å². The predicted molar refractivity (Wildman–Crippen MR) is 87.6 cm³/mol. The van der Waals surface area contributed by atoms with Crippen molar-refractivity contribution in [3.63, 3.8) is 0 Å². The Morgan fingerprint density at radius 1 is 1.09 bits per heavy atom. The van der Waals surface area contributed by atoms with E-state index >= 15 is 0 Å². The maximum Gasteiger partial charge on any atom is 0.123 e. The van der Waals surface area contributed by atoms with Crippen LogP contribution in [0.3, 0.4) is 0 Å². The summed E-state index contributed by atoms with van der Waals surface area (Å²) in [4.78, 5) is 1.33. The van der Waals surface area contributed by atoms with Gasteiger partial charge < -0.3 is 9.73 Å². The van der Waals surface area contributed by atoms with Gasteiger partial charge in [0.1, 0.15) is 11.6 Å². The largest absolute Gasteiger partial charge is 0.469 e. The highest BCUT2D eigenvalue weighted by molar-refractivity contribution is 7.09. The number of rotatable bonds is 7. The van der Waals surface area contributed by atoms with Gasteiger partial charge in [-0.1, -0.05) is 18.2 Å². The minimum absolute atomic E-state index is 0.145. The Balaban J connectivity index is 1.63. The molecule has 0 amide bonds. The average Bonchev–Trinajstić information content (AvgIpc) is 3.21. The highest BCUT2D eigenvalue weighted by Gasteiger charge is 2.16. The molecule has 0 aliphatic heterocycles. The van der Waals surface area contributed by atoms with Gasteiger partial charge in [0.05, 0.1) is 6.26 Å². The lowest BCUT2D eigenvalue weighted by Gasteiger charge is -2.15. The molecule has 114 valence electrons. The van der Waals surface area contributed by atoms with Crippen LogP contribution in [0.15, 0.2) is 64.6 Å². The Labute approximate surface area is 133 Å². The molecule has 0 bridgehead atoms. The lowest BCUT2D eigenvalue weighted by Crippen LogP contribution is -2.17. The van der Waals surface area contributed by atoms with Gasteiger partial charge in [0.2, 0.25) is 0 Å². The normalized spacial score (nSPS) is 12.4. The molecule has 0 aliphatic carbocycles. The van der Waals surface area contributed by atoms with E-state index in [2.05, 4.69) is 22.8 Å². The number of nitrogens with one attached hydrogen (secondary N) is 1. The van der Waals surface area contributed by atoms with Crippen LogP contribution >= 0.6 is 11.3 Å². The number of hydrogen-bond donors (Lipinski definition) is 1. The molecule has 22 heavy (non-hydrogen) atoms. The fraction of sp³-hybridized carbons (Fsp3) is 0.222. The zero-order valence-electron chi connectivity index (χ0n) is 12.2. The van der Waals surface area contributed by atoms with Gasteiger partial charge in [-0.05, 0) is 54.2 Å². The Morgan fingerprint density at radius 2 is 1.95 bits per heavy atom. The van der Waals surface area contributed by atoms with E-state index in [0.717, 1.165) is 30.8 Å². The van der Waals surface area contributed by atoms with Crippen molar-refractivity contribution in [2.24, 2.45) is 0 Å². The van der Waals surface area contributed by atoms with Crippen molar-refractivity contribution in [3.8, 4) is 0 Å². The first-order valence-corrected chi connectivity index (χ1v) is 8.23. The summed E-state index contributed by atoms with van der Waals surface area (Å²) >= 11 is 1.75. The number of benzene rings is 1. The SMILES string of the molecule is Fc1ccc([C@H](CCNCc2cccs2)c2ccco2)cc1. The van der Waals surface area contributed by atoms with Gasteiger partial charge in [0.15, 0.2) is 0 Å². The van der Waals surface area contributed by atoms with Crippen molar-refractivity contribution in [3.05, 3.63) is 82.2 Å². The first-order valence-electron chi connectivity index (χ1n) is 7.35. The minimum Gasteiger partial charge on any atom is -0.469 e. The van der Waals surface area contributed by atoms with Crippen LogP contribution in [-0.4, -0.2) is 6.54 Å². The zero-order valence-corrected chi connectivity index (χ0v) is 13.0. The van der Waals surface area contributed by atoms with Gasteiger partial charge in [0, 0.05) is 17.3 Å². The topological polar surface area (TPSA) is 25.2 Å². The van der Waals surface area contributed by atoms with E-state index in [1.807, 2.05) is 24.3 Å². The lowest BCUT2D eigenvalue weighted by molar-refractivity contribution is 0.466. The summed E-state index contributed by atoms with van der Waals surface area (Å²) in [6.07, 6.45) is 2.59. The molecule has 4 heteroatoms. The van der Waals surface area contributed by atoms with Crippen LogP contribution in [-0.2, 0) is 6.54 Å². The molecule has 1 atom stereocenters. The van der Waals surface area contributed by atoms with E-state index in [1.165, 1.54) is 17.0 Å². The second-order valence-corrected chi connectivity index (χ2v) is 6.20. The summed E-state index contributed by atoms with van der Waals surface area (Å²) in [5.74, 6) is 0.855. The zero-order chi connectivity index (χ0) is 15.2. The molecule has 0 aliphatic rings. The first-order chi connectivity index (χ1) is 10.8. The van der Waals surface area contributed by atoms with Crippen molar-refractivity contribution in [1.29, 1.82) is 0 Å². The van der Waals surface area contributed by atoms with E-state index in [4.69, 9.17) is 4.42 Å². The van der Waals surface area contributed by atoms with Crippen LogP contribution in [0.2, 0.25) is 0 Å². The Kier molecular flexibility index (Phi) is 5.03. The van der Waals surface area contributed by atoms with Gasteiger partial charge >= 0.3 is 0 Å². The quantitative estimate of drug-likeness (QED) is 0.634. The van der Waals surface area contributed by atoms with Crippen LogP contribution < -0.4 is 5.32 Å². The molecule has 1 aromatic carbocycles. The van der Waals surface area contributed by atoms with Gasteiger partial charge in [-0.3, -0.25) is 0 Å². The molecule has 0 fully saturated rings. The van der Waals surface area contributed by atoms with E-state index in [-0.39, 0.29) is 11.7 Å². The van der Waals surface area contributed by atoms with Gasteiger partial charge in [-0.15, -0.1) is 11.3 Å². The average molecular weight is 315 g/mol. The standard InChI is InChI=1S/C18H18FNOS/c19-15-7-5-14(6-8-15)17(18-4-1-11-21-18)9-10-20-13-16-3-2-12-22-16/h1-8,11-12,17,20H,9-10,13H2/t17-/m0/s1. The second kappa shape index (κ2) is 7.38. The van der Waals surface area contributed by atoms with Crippen molar-refractivity contribution in [2.45, 2.75) is 18.9 Å². The van der Waals surface area contributed by atoms with Crippen LogP contribution in [0.5, 0.6) is 0 Å². The fourth-order valence-corrected chi connectivity index (χ4v) is 3.20. The molecule has 0 saturated carbocycles. The minimum atomic E-state index is -0.210. The number of halogens is 1. The van der Waals surface area contributed by atoms with E-state index in [1.54, 1.807) is 17.6 Å². The summed E-state index contributed by atoms with van der Waals surface area (Å²) in [7, 11) is 0. The maximum absolute atomic E-state index is 13.1. The van der Waals surface area contributed by atoms with Crippen LogP contribution in [0.4, 0.5) is 4.39 Å². The molecule has 2 heterocycles. The number of thiophene rings is 1. The third-order valence-electron chi connectivity index (χ3n) is 3.65. The molecule has 3 aromatic rings. The third-order valence-corrected chi connectivity index (χ3v) is 4.52. The molecule has 2 aromatic heterocycles. The van der Waals surface area contributed by atoms with E-state index in [0.29, 0.717) is 0 Å². The monoisotopic (exact) mass is 315 g/mol. The molecule has 0 unspecified atom stereocenters. The third kappa shape index (κ3) is 3.84. The van der Waals surface area contributed by atoms with E-state index in [9.17, 15) is 4.39 Å². The predicted octanol–water partition coefficient (Wildman–Crippen LogP) is 4.79. The van der Waals surface area contributed by atoms with Crippen molar-refractivity contribution < 1.29 is 8.81 Å². The number of furan rings is 1. The molecular weight excluding hydrogens is 297 g/mol. The highest BCUT2D eigenvalue weighted by atomic mass is 32.1. The van der Waals surface area contributed by atoms with Gasteiger partial charge in [0.25, 0.3) is 0 Å². The highest BCUT2D eigenvalue weighted by Crippen LogP contribution is 2.28. The molecular formula is C18H18FNOS. The fourth-order valence-electron chi connectivity index (χ4n) is 2.53. The van der Waals surface area contributed by atoms with Crippen LogP contribution in [0.1, 0.15) is 28.5 Å². The molecule has 3 rings (SSSR count). The first kappa shape index (κ1) is 15.0. The summed E-state index contributed by atoms with van der Waals surface area (Å²) in [5.41, 5.74) is 1.08. The molecule has 0 spiro atoms. The molecule has 0 radical (unpaired) electrons. The molecule has 2 nitrogen and oxygen atoms in total. The van der Waals surface area contributed by atoms with Gasteiger partial charge in [-0.25, -0.2) is 4.39 Å². The van der Waals surface area contributed by atoms with Crippen molar-refractivity contribution >= 4 is 11.3 Å². The summed E-state index contributed by atoms with van der Waals surface area (Å²) in [6, 6.07) is 14.7. The number of hydrogen-bond acceptors (Lipinski definition) is 3. The Morgan fingerprint density at radius 3 is 2.64 bits per heavy atom. The van der Waals surface area contributed by atoms with Gasteiger partial charge in [-0.2, -0.15) is 0 Å². The maximum atomic E-state index is 13.1. The Hall–Kier alpha value is -1.91. The summed E-state index contributed by atoms with van der Waals surface area (Å²) < 4.78 is 18.7. The molecule has 1 N–H and O–H groups in total. The summed E-state index contributed by atoms with van der Waals surface area (Å²) in [5, 5.41) is 5.54. The van der Waals surface area contributed by atoms with Crippen LogP contribution in [0, 0.1) is 5.82 Å². The second-order valence-electron chi connectivity index (χ2n) is 5.16.